The Hall–Kier alpha value is -2.34. The first-order chi connectivity index (χ1) is 12.4. The summed E-state index contributed by atoms with van der Waals surface area (Å²) in [5, 5.41) is 0. The minimum absolute atomic E-state index is 0.00786. The first kappa shape index (κ1) is 18.5. The molecule has 0 aliphatic carbocycles. The minimum Gasteiger partial charge on any atom is -0.339 e. The maximum Gasteiger partial charge on any atom is 0.262 e. The molecule has 1 N–H and O–H groups in total. The van der Waals surface area contributed by atoms with Crippen molar-refractivity contribution in [1.82, 2.24) is 4.90 Å². The predicted molar refractivity (Wildman–Crippen MR) is 103 cm³/mol. The predicted octanol–water partition coefficient (Wildman–Crippen LogP) is 3.73. The number of benzene rings is 2. The van der Waals surface area contributed by atoms with Crippen molar-refractivity contribution in [1.29, 1.82) is 0 Å². The molecule has 1 saturated heterocycles. The fourth-order valence-corrected chi connectivity index (χ4v) is 4.56. The van der Waals surface area contributed by atoms with E-state index in [0.29, 0.717) is 16.8 Å². The quantitative estimate of drug-likeness (QED) is 0.889. The van der Waals surface area contributed by atoms with Crippen LogP contribution in [0.15, 0.2) is 47.4 Å². The third-order valence-corrected chi connectivity index (χ3v) is 6.19. The second-order valence-corrected chi connectivity index (χ2v) is 8.46. The van der Waals surface area contributed by atoms with Gasteiger partial charge < -0.3 is 4.90 Å². The van der Waals surface area contributed by atoms with Gasteiger partial charge in [0.05, 0.1) is 4.90 Å². The molecule has 6 heteroatoms. The molecule has 0 spiro atoms. The van der Waals surface area contributed by atoms with Crippen LogP contribution in [-0.4, -0.2) is 32.3 Å². The number of rotatable bonds is 4. The Kier molecular flexibility index (Phi) is 5.32. The molecule has 0 saturated carbocycles. The van der Waals surface area contributed by atoms with Gasteiger partial charge in [0.25, 0.3) is 15.9 Å². The number of nitrogens with zero attached hydrogens (tertiary/aromatic N) is 1. The Morgan fingerprint density at radius 2 is 1.62 bits per heavy atom. The van der Waals surface area contributed by atoms with Gasteiger partial charge in [-0.25, -0.2) is 8.42 Å². The van der Waals surface area contributed by atoms with E-state index in [1.807, 2.05) is 17.9 Å². The minimum atomic E-state index is -3.66. The van der Waals surface area contributed by atoms with Crippen LogP contribution in [0.1, 0.15) is 40.7 Å². The maximum atomic E-state index is 12.6. The van der Waals surface area contributed by atoms with Gasteiger partial charge in [-0.3, -0.25) is 9.52 Å². The zero-order valence-electron chi connectivity index (χ0n) is 15.2. The van der Waals surface area contributed by atoms with Crippen molar-refractivity contribution in [2.75, 3.05) is 17.8 Å². The van der Waals surface area contributed by atoms with E-state index in [4.69, 9.17) is 0 Å². The Morgan fingerprint density at radius 3 is 2.23 bits per heavy atom. The van der Waals surface area contributed by atoms with Crippen LogP contribution in [0.3, 0.4) is 0 Å². The molecule has 1 fully saturated rings. The van der Waals surface area contributed by atoms with Crippen LogP contribution in [0, 0.1) is 13.8 Å². The van der Waals surface area contributed by atoms with Gasteiger partial charge in [0, 0.05) is 24.3 Å². The maximum absolute atomic E-state index is 12.6. The first-order valence-corrected chi connectivity index (χ1v) is 10.3. The third-order valence-electron chi connectivity index (χ3n) is 4.65. The van der Waals surface area contributed by atoms with E-state index >= 15 is 0 Å². The van der Waals surface area contributed by atoms with E-state index in [2.05, 4.69) is 4.72 Å². The fourth-order valence-electron chi connectivity index (χ4n) is 3.27. The number of piperidine rings is 1. The van der Waals surface area contributed by atoms with Crippen LogP contribution < -0.4 is 4.72 Å². The number of aryl methyl sites for hydroxylation is 2. The van der Waals surface area contributed by atoms with Crippen LogP contribution >= 0.6 is 0 Å². The van der Waals surface area contributed by atoms with Crippen LogP contribution in [0.25, 0.3) is 0 Å². The van der Waals surface area contributed by atoms with Crippen molar-refractivity contribution in [3.63, 3.8) is 0 Å². The van der Waals surface area contributed by atoms with E-state index in [0.717, 1.165) is 31.5 Å². The molecule has 138 valence electrons. The molecule has 0 aromatic heterocycles. The number of nitrogens with one attached hydrogen (secondary N) is 1. The van der Waals surface area contributed by atoms with Crippen molar-refractivity contribution < 1.29 is 13.2 Å². The van der Waals surface area contributed by atoms with Crippen molar-refractivity contribution in [2.24, 2.45) is 0 Å². The summed E-state index contributed by atoms with van der Waals surface area (Å²) in [5.74, 6) is 0.00786. The lowest BCUT2D eigenvalue weighted by atomic mass is 10.1. The molecule has 2 aromatic rings. The Bertz CT molecular complexity index is 899. The number of amides is 1. The summed E-state index contributed by atoms with van der Waals surface area (Å²) >= 11 is 0. The monoisotopic (exact) mass is 372 g/mol. The highest BCUT2D eigenvalue weighted by atomic mass is 32.2. The van der Waals surface area contributed by atoms with E-state index in [1.165, 1.54) is 6.42 Å². The molecule has 1 aliphatic rings. The molecule has 0 radical (unpaired) electrons. The van der Waals surface area contributed by atoms with Crippen molar-refractivity contribution in [2.45, 2.75) is 38.0 Å². The Balaban J connectivity index is 1.75. The van der Waals surface area contributed by atoms with E-state index in [9.17, 15) is 13.2 Å². The van der Waals surface area contributed by atoms with Gasteiger partial charge in [0.1, 0.15) is 0 Å². The van der Waals surface area contributed by atoms with E-state index in [1.54, 1.807) is 43.3 Å². The van der Waals surface area contributed by atoms with E-state index < -0.39 is 10.0 Å². The zero-order chi connectivity index (χ0) is 18.7. The highest BCUT2D eigenvalue weighted by Crippen LogP contribution is 2.21. The highest BCUT2D eigenvalue weighted by molar-refractivity contribution is 7.92. The Labute approximate surface area is 155 Å². The molecule has 1 aliphatic heterocycles. The summed E-state index contributed by atoms with van der Waals surface area (Å²) in [6, 6.07) is 11.9. The Morgan fingerprint density at radius 1 is 0.962 bits per heavy atom. The number of sulfonamides is 1. The van der Waals surface area contributed by atoms with Crippen molar-refractivity contribution >= 4 is 21.6 Å². The lowest BCUT2D eigenvalue weighted by Gasteiger charge is -2.26. The normalized spacial score (nSPS) is 14.9. The summed E-state index contributed by atoms with van der Waals surface area (Å²) in [4.78, 5) is 14.6. The van der Waals surface area contributed by atoms with Crippen molar-refractivity contribution in [3.05, 3.63) is 59.2 Å². The number of hydrogen-bond acceptors (Lipinski definition) is 3. The number of hydrogen-bond donors (Lipinski definition) is 1. The fraction of sp³-hybridized carbons (Fsp3) is 0.350. The summed E-state index contributed by atoms with van der Waals surface area (Å²) in [6.45, 7) is 5.29. The summed E-state index contributed by atoms with van der Waals surface area (Å²) in [7, 11) is -3.66. The molecule has 1 amide bonds. The van der Waals surface area contributed by atoms with Gasteiger partial charge in [-0.15, -0.1) is 0 Å². The summed E-state index contributed by atoms with van der Waals surface area (Å²) < 4.78 is 27.8. The molecule has 0 atom stereocenters. The molecule has 3 rings (SSSR count). The standard InChI is InChI=1S/C20H24N2O3S/c1-15-6-11-19(16(2)14-15)26(24,25)21-18-9-7-17(8-10-18)20(23)22-12-4-3-5-13-22/h6-11,14,21H,3-5,12-13H2,1-2H3. The first-order valence-electron chi connectivity index (χ1n) is 8.86. The molecule has 2 aromatic carbocycles. The molecule has 0 unspecified atom stereocenters. The lowest BCUT2D eigenvalue weighted by molar-refractivity contribution is 0.0724. The number of anilines is 1. The summed E-state index contributed by atoms with van der Waals surface area (Å²) in [6.07, 6.45) is 3.25. The van der Waals surface area contributed by atoms with Gasteiger partial charge in [0.2, 0.25) is 0 Å². The van der Waals surface area contributed by atoms with Gasteiger partial charge >= 0.3 is 0 Å². The van der Waals surface area contributed by atoms with Crippen LogP contribution in [0.2, 0.25) is 0 Å². The highest BCUT2D eigenvalue weighted by Gasteiger charge is 2.19. The third kappa shape index (κ3) is 4.07. The number of carbonyl (C=O) groups excluding carboxylic acids is 1. The molecular formula is C20H24N2O3S. The number of likely N-dealkylation sites (tertiary alicyclic amines) is 1. The second-order valence-electron chi connectivity index (χ2n) is 6.80. The molecule has 5 nitrogen and oxygen atoms in total. The van der Waals surface area contributed by atoms with Gasteiger partial charge in [0.15, 0.2) is 0 Å². The molecule has 26 heavy (non-hydrogen) atoms. The average Bonchev–Trinajstić information content (AvgIpc) is 2.62. The van der Waals surface area contributed by atoms with E-state index in [-0.39, 0.29) is 10.8 Å². The molecular weight excluding hydrogens is 348 g/mol. The SMILES string of the molecule is Cc1ccc(S(=O)(=O)Nc2ccc(C(=O)N3CCCCC3)cc2)c(C)c1. The van der Waals surface area contributed by atoms with Gasteiger partial charge in [-0.1, -0.05) is 17.7 Å². The van der Waals surface area contributed by atoms with Gasteiger partial charge in [-0.2, -0.15) is 0 Å². The van der Waals surface area contributed by atoms with Crippen LogP contribution in [-0.2, 0) is 10.0 Å². The topological polar surface area (TPSA) is 66.5 Å². The molecule has 1 heterocycles. The van der Waals surface area contributed by atoms with Gasteiger partial charge in [-0.05, 0) is 69.0 Å². The average molecular weight is 372 g/mol. The largest absolute Gasteiger partial charge is 0.339 e. The second kappa shape index (κ2) is 7.50. The smallest absolute Gasteiger partial charge is 0.262 e. The van der Waals surface area contributed by atoms with Crippen LogP contribution in [0.4, 0.5) is 5.69 Å². The number of carbonyl (C=O) groups is 1. The zero-order valence-corrected chi connectivity index (χ0v) is 16.0. The van der Waals surface area contributed by atoms with Crippen LogP contribution in [0.5, 0.6) is 0 Å². The lowest BCUT2D eigenvalue weighted by Crippen LogP contribution is -2.35. The van der Waals surface area contributed by atoms with Crippen molar-refractivity contribution in [3.8, 4) is 0 Å². The molecule has 0 bridgehead atoms. The summed E-state index contributed by atoms with van der Waals surface area (Å²) in [5.41, 5.74) is 2.75.